The normalized spacial score (nSPS) is 36.3. The summed E-state index contributed by atoms with van der Waals surface area (Å²) in [7, 11) is 0. The van der Waals surface area contributed by atoms with E-state index >= 15 is 0 Å². The number of hydrogen-bond donors (Lipinski definition) is 1. The summed E-state index contributed by atoms with van der Waals surface area (Å²) in [5.41, 5.74) is -0.310. The molecule has 0 aromatic heterocycles. The van der Waals surface area contributed by atoms with E-state index in [9.17, 15) is 4.79 Å². The Bertz CT molecular complexity index is 262. The monoisotopic (exact) mass is 210 g/mol. The van der Waals surface area contributed by atoms with Crippen LogP contribution in [0.5, 0.6) is 0 Å². The third-order valence-electron chi connectivity index (χ3n) is 3.84. The van der Waals surface area contributed by atoms with Gasteiger partial charge < -0.3 is 4.90 Å². The minimum atomic E-state index is -0.310. The van der Waals surface area contributed by atoms with Gasteiger partial charge in [-0.05, 0) is 38.5 Å². The number of rotatable bonds is 4. The van der Waals surface area contributed by atoms with Gasteiger partial charge in [0.05, 0.1) is 11.7 Å². The Morgan fingerprint density at radius 3 is 2.60 bits per heavy atom. The summed E-state index contributed by atoms with van der Waals surface area (Å²) >= 11 is 0. The van der Waals surface area contributed by atoms with E-state index in [2.05, 4.69) is 24.1 Å². The van der Waals surface area contributed by atoms with E-state index < -0.39 is 0 Å². The van der Waals surface area contributed by atoms with Crippen LogP contribution in [0.1, 0.15) is 46.5 Å². The second-order valence-electron chi connectivity index (χ2n) is 5.15. The van der Waals surface area contributed by atoms with Gasteiger partial charge in [-0.2, -0.15) is 0 Å². The molecule has 3 heteroatoms. The van der Waals surface area contributed by atoms with E-state index in [0.29, 0.717) is 5.91 Å². The Labute approximate surface area is 92.2 Å². The zero-order valence-electron chi connectivity index (χ0n) is 10.0. The fraction of sp³-hybridized carbons (Fsp3) is 0.917. The van der Waals surface area contributed by atoms with E-state index in [4.69, 9.17) is 0 Å². The number of carbonyl (C=O) groups excluding carboxylic acids is 1. The van der Waals surface area contributed by atoms with Gasteiger partial charge in [-0.3, -0.25) is 10.1 Å². The van der Waals surface area contributed by atoms with Crippen molar-refractivity contribution in [2.45, 2.75) is 58.2 Å². The maximum atomic E-state index is 12.3. The Kier molecular flexibility index (Phi) is 2.75. The van der Waals surface area contributed by atoms with Crippen molar-refractivity contribution in [1.29, 1.82) is 0 Å². The predicted molar refractivity (Wildman–Crippen MR) is 60.3 cm³/mol. The van der Waals surface area contributed by atoms with E-state index in [-0.39, 0.29) is 11.7 Å². The highest BCUT2D eigenvalue weighted by atomic mass is 16.2. The summed E-state index contributed by atoms with van der Waals surface area (Å²) in [6, 6.07) is 0. The van der Waals surface area contributed by atoms with Gasteiger partial charge in [0.1, 0.15) is 0 Å². The van der Waals surface area contributed by atoms with Crippen molar-refractivity contribution in [3.8, 4) is 0 Å². The molecule has 0 bridgehead atoms. The lowest BCUT2D eigenvalue weighted by Crippen LogP contribution is -2.43. The van der Waals surface area contributed by atoms with Crippen LogP contribution in [-0.4, -0.2) is 29.1 Å². The van der Waals surface area contributed by atoms with Crippen LogP contribution in [0.4, 0.5) is 0 Å². The lowest BCUT2D eigenvalue weighted by Gasteiger charge is -2.22. The van der Waals surface area contributed by atoms with Crippen LogP contribution in [0, 0.1) is 5.92 Å². The number of nitrogens with zero attached hydrogens (tertiary/aromatic N) is 1. The van der Waals surface area contributed by atoms with Crippen LogP contribution >= 0.6 is 0 Å². The minimum Gasteiger partial charge on any atom is -0.325 e. The summed E-state index contributed by atoms with van der Waals surface area (Å²) < 4.78 is 0. The fourth-order valence-corrected chi connectivity index (χ4v) is 2.33. The Morgan fingerprint density at radius 2 is 2.13 bits per heavy atom. The number of carbonyl (C=O) groups is 1. The molecule has 0 radical (unpaired) electrons. The Morgan fingerprint density at radius 1 is 1.47 bits per heavy atom. The van der Waals surface area contributed by atoms with Crippen LogP contribution in [-0.2, 0) is 4.79 Å². The SMILES string of the molecule is CCC1NC(C)(CC)C(=O)N1CC1CC1. The maximum Gasteiger partial charge on any atom is 0.243 e. The van der Waals surface area contributed by atoms with Crippen molar-refractivity contribution in [3.05, 3.63) is 0 Å². The molecule has 2 rings (SSSR count). The second-order valence-corrected chi connectivity index (χ2v) is 5.15. The molecule has 2 unspecified atom stereocenters. The average Bonchev–Trinajstić information content (AvgIpc) is 3.01. The molecule has 2 fully saturated rings. The summed E-state index contributed by atoms with van der Waals surface area (Å²) in [5, 5.41) is 3.48. The van der Waals surface area contributed by atoms with Crippen molar-refractivity contribution in [2.24, 2.45) is 5.92 Å². The highest BCUT2D eigenvalue weighted by Crippen LogP contribution is 2.33. The lowest BCUT2D eigenvalue weighted by atomic mass is 9.99. The first kappa shape index (κ1) is 10.9. The molecule has 0 aromatic carbocycles. The Hall–Kier alpha value is -0.570. The molecule has 0 aromatic rings. The minimum absolute atomic E-state index is 0.267. The molecule has 1 aliphatic heterocycles. The molecular weight excluding hydrogens is 188 g/mol. The van der Waals surface area contributed by atoms with Gasteiger partial charge in [0, 0.05) is 6.54 Å². The van der Waals surface area contributed by atoms with Gasteiger partial charge >= 0.3 is 0 Å². The Balaban J connectivity index is 2.09. The van der Waals surface area contributed by atoms with E-state index in [0.717, 1.165) is 25.3 Å². The first-order valence-corrected chi connectivity index (χ1v) is 6.19. The van der Waals surface area contributed by atoms with E-state index in [1.54, 1.807) is 0 Å². The molecule has 1 saturated carbocycles. The van der Waals surface area contributed by atoms with Gasteiger partial charge in [0.2, 0.25) is 5.91 Å². The van der Waals surface area contributed by atoms with Gasteiger partial charge in [-0.25, -0.2) is 0 Å². The molecule has 2 aliphatic rings. The summed E-state index contributed by atoms with van der Waals surface area (Å²) in [6.45, 7) is 7.23. The number of hydrogen-bond acceptors (Lipinski definition) is 2. The molecule has 86 valence electrons. The van der Waals surface area contributed by atoms with Crippen LogP contribution in [0.15, 0.2) is 0 Å². The van der Waals surface area contributed by atoms with Gasteiger partial charge in [-0.1, -0.05) is 13.8 Å². The topological polar surface area (TPSA) is 32.3 Å². The van der Waals surface area contributed by atoms with E-state index in [1.165, 1.54) is 12.8 Å². The van der Waals surface area contributed by atoms with Gasteiger partial charge in [-0.15, -0.1) is 0 Å². The second kappa shape index (κ2) is 3.78. The third-order valence-corrected chi connectivity index (χ3v) is 3.84. The first-order chi connectivity index (χ1) is 7.10. The van der Waals surface area contributed by atoms with Crippen molar-refractivity contribution in [1.82, 2.24) is 10.2 Å². The highest BCUT2D eigenvalue weighted by Gasteiger charge is 2.47. The van der Waals surface area contributed by atoms with Gasteiger partial charge in [0.15, 0.2) is 0 Å². The molecular formula is C12H22N2O. The summed E-state index contributed by atoms with van der Waals surface area (Å²) in [4.78, 5) is 14.3. The zero-order chi connectivity index (χ0) is 11.1. The molecule has 15 heavy (non-hydrogen) atoms. The molecule has 1 heterocycles. The molecule has 1 amide bonds. The smallest absolute Gasteiger partial charge is 0.243 e. The molecule has 0 spiro atoms. The van der Waals surface area contributed by atoms with Crippen molar-refractivity contribution < 1.29 is 4.79 Å². The van der Waals surface area contributed by atoms with Crippen LogP contribution in [0.25, 0.3) is 0 Å². The first-order valence-electron chi connectivity index (χ1n) is 6.19. The molecule has 2 atom stereocenters. The average molecular weight is 210 g/mol. The molecule has 3 nitrogen and oxygen atoms in total. The van der Waals surface area contributed by atoms with Crippen molar-refractivity contribution >= 4 is 5.91 Å². The highest BCUT2D eigenvalue weighted by molar-refractivity contribution is 5.88. The molecule has 1 N–H and O–H groups in total. The lowest BCUT2D eigenvalue weighted by molar-refractivity contribution is -0.133. The summed E-state index contributed by atoms with van der Waals surface area (Å²) in [5.74, 6) is 1.09. The quantitative estimate of drug-likeness (QED) is 0.766. The molecule has 1 aliphatic carbocycles. The van der Waals surface area contributed by atoms with Crippen LogP contribution < -0.4 is 5.32 Å². The van der Waals surface area contributed by atoms with Crippen LogP contribution in [0.2, 0.25) is 0 Å². The number of nitrogens with one attached hydrogen (secondary N) is 1. The largest absolute Gasteiger partial charge is 0.325 e. The fourth-order valence-electron chi connectivity index (χ4n) is 2.33. The summed E-state index contributed by atoms with van der Waals surface area (Å²) in [6.07, 6.45) is 4.77. The van der Waals surface area contributed by atoms with Crippen LogP contribution in [0.3, 0.4) is 0 Å². The zero-order valence-corrected chi connectivity index (χ0v) is 10.0. The maximum absolute atomic E-state index is 12.3. The predicted octanol–water partition coefficient (Wildman–Crippen LogP) is 1.73. The molecule has 1 saturated heterocycles. The van der Waals surface area contributed by atoms with Crippen molar-refractivity contribution in [3.63, 3.8) is 0 Å². The van der Waals surface area contributed by atoms with Crippen molar-refractivity contribution in [2.75, 3.05) is 6.54 Å². The van der Waals surface area contributed by atoms with E-state index in [1.807, 2.05) is 6.92 Å². The number of amides is 1. The van der Waals surface area contributed by atoms with Gasteiger partial charge in [0.25, 0.3) is 0 Å². The standard InChI is InChI=1S/C12H22N2O/c1-4-10-13-12(3,5-2)11(15)14(10)8-9-6-7-9/h9-10,13H,4-8H2,1-3H3. The third kappa shape index (κ3) is 1.89.